The Bertz CT molecular complexity index is 61.9. The minimum Gasteiger partial charge on any atom is -0.396 e. The molecule has 0 aromatic rings. The molecule has 0 amide bonds. The lowest BCUT2D eigenvalue weighted by Crippen LogP contribution is -2.08. The van der Waals surface area contributed by atoms with Crippen molar-refractivity contribution >= 4 is 0 Å². The van der Waals surface area contributed by atoms with E-state index in [9.17, 15) is 0 Å². The van der Waals surface area contributed by atoms with Crippen LogP contribution in [0.15, 0.2) is 0 Å². The Morgan fingerprint density at radius 2 is 1.89 bits per heavy atom. The van der Waals surface area contributed by atoms with Crippen LogP contribution in [-0.2, 0) is 0 Å². The quantitative estimate of drug-likeness (QED) is 0.593. The van der Waals surface area contributed by atoms with E-state index in [0.29, 0.717) is 5.92 Å². The Morgan fingerprint density at radius 1 is 1.33 bits per heavy atom. The van der Waals surface area contributed by atoms with Crippen LogP contribution in [0, 0.1) is 5.92 Å². The zero-order valence-electron chi connectivity index (χ0n) is 6.17. The smallest absolute Gasteiger partial charge is 0.0514 e. The first kappa shape index (κ1) is 8.92. The van der Waals surface area contributed by atoms with Crippen molar-refractivity contribution in [3.05, 3.63) is 0 Å². The highest BCUT2D eigenvalue weighted by Gasteiger charge is 2.03. The molecule has 9 heavy (non-hydrogen) atoms. The second kappa shape index (κ2) is 4.77. The van der Waals surface area contributed by atoms with Crippen LogP contribution in [0.25, 0.3) is 0 Å². The lowest BCUT2D eigenvalue weighted by atomic mass is 10.0. The normalized spacial score (nSPS) is 17.3. The summed E-state index contributed by atoms with van der Waals surface area (Å²) in [4.78, 5) is 0. The third kappa shape index (κ3) is 5.80. The van der Waals surface area contributed by atoms with E-state index in [-0.39, 0.29) is 12.7 Å². The summed E-state index contributed by atoms with van der Waals surface area (Å²) in [6.07, 6.45) is 1.36. The van der Waals surface area contributed by atoms with Gasteiger partial charge in [0, 0.05) is 6.61 Å². The maximum absolute atomic E-state index is 8.87. The molecule has 0 spiro atoms. The summed E-state index contributed by atoms with van der Waals surface area (Å²) < 4.78 is 0. The van der Waals surface area contributed by atoms with Crippen LogP contribution in [-0.4, -0.2) is 22.9 Å². The molecule has 0 heterocycles. The van der Waals surface area contributed by atoms with Crippen LogP contribution in [0.3, 0.4) is 0 Å². The van der Waals surface area contributed by atoms with Gasteiger partial charge < -0.3 is 10.2 Å². The summed E-state index contributed by atoms with van der Waals surface area (Å²) in [5.41, 5.74) is 0. The fourth-order valence-electron chi connectivity index (χ4n) is 0.921. The molecule has 0 aliphatic heterocycles. The maximum atomic E-state index is 8.87. The number of hydrogen-bond acceptors (Lipinski definition) is 2. The topological polar surface area (TPSA) is 40.5 Å². The van der Waals surface area contributed by atoms with Crippen molar-refractivity contribution in [2.24, 2.45) is 5.92 Å². The molecule has 0 radical (unpaired) electrons. The first-order valence-electron chi connectivity index (χ1n) is 3.45. The number of aliphatic hydroxyl groups excluding tert-OH is 2. The average molecular weight is 132 g/mol. The average Bonchev–Trinajstić information content (AvgIpc) is 1.63. The monoisotopic (exact) mass is 132 g/mol. The summed E-state index contributed by atoms with van der Waals surface area (Å²) in [7, 11) is 0. The molecule has 0 saturated carbocycles. The van der Waals surface area contributed by atoms with Gasteiger partial charge in [0.2, 0.25) is 0 Å². The van der Waals surface area contributed by atoms with Crippen molar-refractivity contribution in [1.82, 2.24) is 0 Å². The molecule has 0 bridgehead atoms. The fraction of sp³-hybridized carbons (Fsp3) is 1.00. The molecule has 0 rings (SSSR count). The summed E-state index contributed by atoms with van der Waals surface area (Å²) >= 11 is 0. The molecule has 0 fully saturated rings. The highest BCUT2D eigenvalue weighted by molar-refractivity contribution is 4.55. The molecule has 56 valence electrons. The van der Waals surface area contributed by atoms with E-state index < -0.39 is 0 Å². The Balaban J connectivity index is 3.15. The highest BCUT2D eigenvalue weighted by atomic mass is 16.3. The van der Waals surface area contributed by atoms with Gasteiger partial charge in [0.1, 0.15) is 0 Å². The predicted octanol–water partition coefficient (Wildman–Crippen LogP) is 0.776. The van der Waals surface area contributed by atoms with Crippen molar-refractivity contribution in [3.63, 3.8) is 0 Å². The van der Waals surface area contributed by atoms with E-state index in [1.54, 1.807) is 6.92 Å². The van der Waals surface area contributed by atoms with Gasteiger partial charge in [0.05, 0.1) is 6.10 Å². The van der Waals surface area contributed by atoms with Gasteiger partial charge in [-0.05, 0) is 25.7 Å². The summed E-state index contributed by atoms with van der Waals surface area (Å²) in [6, 6.07) is 0. The zero-order chi connectivity index (χ0) is 7.28. The predicted molar refractivity (Wildman–Crippen MR) is 37.2 cm³/mol. The van der Waals surface area contributed by atoms with Crippen LogP contribution in [0.5, 0.6) is 0 Å². The van der Waals surface area contributed by atoms with Gasteiger partial charge in [0.15, 0.2) is 0 Å². The number of hydrogen-bond donors (Lipinski definition) is 2. The van der Waals surface area contributed by atoms with E-state index >= 15 is 0 Å². The Hall–Kier alpha value is -0.0800. The van der Waals surface area contributed by atoms with E-state index in [1.807, 2.05) is 6.92 Å². The zero-order valence-corrected chi connectivity index (χ0v) is 6.17. The Kier molecular flexibility index (Phi) is 4.72. The maximum Gasteiger partial charge on any atom is 0.0514 e. The molecular weight excluding hydrogens is 116 g/mol. The standard InChI is InChI=1S/C7H16O2/c1-6(3-4-8)5-7(2)9/h6-9H,3-5H2,1-2H3/t6-,7-/m0/s1. The van der Waals surface area contributed by atoms with Crippen molar-refractivity contribution in [2.75, 3.05) is 6.61 Å². The second-order valence-corrected chi connectivity index (χ2v) is 2.70. The minimum absolute atomic E-state index is 0.230. The van der Waals surface area contributed by atoms with Crippen LogP contribution in [0.1, 0.15) is 26.7 Å². The second-order valence-electron chi connectivity index (χ2n) is 2.70. The number of rotatable bonds is 4. The molecule has 2 nitrogen and oxygen atoms in total. The molecule has 2 heteroatoms. The van der Waals surface area contributed by atoms with E-state index in [1.165, 1.54) is 0 Å². The van der Waals surface area contributed by atoms with Crippen LogP contribution in [0.2, 0.25) is 0 Å². The largest absolute Gasteiger partial charge is 0.396 e. The van der Waals surface area contributed by atoms with Crippen molar-refractivity contribution in [1.29, 1.82) is 0 Å². The lowest BCUT2D eigenvalue weighted by molar-refractivity contribution is 0.152. The third-order valence-corrected chi connectivity index (χ3v) is 1.37. The molecule has 0 aliphatic carbocycles. The Labute approximate surface area is 56.5 Å². The molecule has 0 aliphatic rings. The first-order chi connectivity index (χ1) is 4.16. The van der Waals surface area contributed by atoms with E-state index in [2.05, 4.69) is 0 Å². The first-order valence-corrected chi connectivity index (χ1v) is 3.45. The minimum atomic E-state index is -0.230. The van der Waals surface area contributed by atoms with Gasteiger partial charge >= 0.3 is 0 Å². The van der Waals surface area contributed by atoms with Gasteiger partial charge in [-0.3, -0.25) is 0 Å². The molecule has 2 atom stereocenters. The summed E-state index contributed by atoms with van der Waals surface area (Å²) in [5.74, 6) is 0.440. The SMILES string of the molecule is C[C@@H](CCO)C[C@H](C)O. The third-order valence-electron chi connectivity index (χ3n) is 1.37. The molecule has 0 unspecified atom stereocenters. The highest BCUT2D eigenvalue weighted by Crippen LogP contribution is 2.08. The molecule has 0 aromatic heterocycles. The van der Waals surface area contributed by atoms with E-state index in [4.69, 9.17) is 10.2 Å². The van der Waals surface area contributed by atoms with E-state index in [0.717, 1.165) is 12.8 Å². The van der Waals surface area contributed by atoms with Gasteiger partial charge in [-0.1, -0.05) is 6.92 Å². The van der Waals surface area contributed by atoms with Crippen LogP contribution < -0.4 is 0 Å². The van der Waals surface area contributed by atoms with Crippen molar-refractivity contribution in [3.8, 4) is 0 Å². The molecule has 0 saturated heterocycles. The molecular formula is C7H16O2. The Morgan fingerprint density at radius 3 is 2.22 bits per heavy atom. The number of aliphatic hydroxyl groups is 2. The molecule has 2 N–H and O–H groups in total. The van der Waals surface area contributed by atoms with Crippen LogP contribution in [0.4, 0.5) is 0 Å². The molecule has 0 aromatic carbocycles. The summed E-state index contributed by atoms with van der Waals surface area (Å²) in [6.45, 7) is 4.03. The fourth-order valence-corrected chi connectivity index (χ4v) is 0.921. The van der Waals surface area contributed by atoms with Gasteiger partial charge in [-0.2, -0.15) is 0 Å². The summed E-state index contributed by atoms with van der Waals surface area (Å²) in [5, 5.41) is 17.3. The lowest BCUT2D eigenvalue weighted by Gasteiger charge is -2.10. The van der Waals surface area contributed by atoms with Crippen LogP contribution >= 0.6 is 0 Å². The van der Waals surface area contributed by atoms with Gasteiger partial charge in [0.25, 0.3) is 0 Å². The van der Waals surface area contributed by atoms with Gasteiger partial charge in [-0.15, -0.1) is 0 Å². The van der Waals surface area contributed by atoms with Gasteiger partial charge in [-0.25, -0.2) is 0 Å². The van der Waals surface area contributed by atoms with Crippen molar-refractivity contribution in [2.45, 2.75) is 32.8 Å². The van der Waals surface area contributed by atoms with Crippen molar-refractivity contribution < 1.29 is 10.2 Å².